The summed E-state index contributed by atoms with van der Waals surface area (Å²) in [5, 5.41) is 18.6. The van der Waals surface area contributed by atoms with Crippen LogP contribution in [0.1, 0.15) is 71.1 Å². The maximum atomic E-state index is 14.4. The van der Waals surface area contributed by atoms with Gasteiger partial charge in [-0.2, -0.15) is 0 Å². The molecule has 0 aromatic rings. The van der Waals surface area contributed by atoms with E-state index in [4.69, 9.17) is 5.11 Å². The highest BCUT2D eigenvalue weighted by Crippen LogP contribution is 2.39. The van der Waals surface area contributed by atoms with E-state index in [9.17, 15) is 19.1 Å². The van der Waals surface area contributed by atoms with E-state index in [-0.39, 0.29) is 30.5 Å². The Morgan fingerprint density at radius 2 is 2.04 bits per heavy atom. The number of alkyl halides is 1. The van der Waals surface area contributed by atoms with Crippen LogP contribution in [-0.4, -0.2) is 34.2 Å². The number of carboxylic acids is 1. The van der Waals surface area contributed by atoms with Gasteiger partial charge in [0.1, 0.15) is 12.0 Å². The molecule has 0 heterocycles. The highest BCUT2D eigenvalue weighted by atomic mass is 19.1. The zero-order chi connectivity index (χ0) is 19.5. The van der Waals surface area contributed by atoms with E-state index in [1.165, 1.54) is 0 Å². The van der Waals surface area contributed by atoms with Crippen molar-refractivity contribution in [3.05, 3.63) is 24.3 Å². The Bertz CT molecular complexity index is 500. The number of hydrogen-bond acceptors (Lipinski definition) is 3. The predicted octanol–water partition coefficient (Wildman–Crippen LogP) is 4.62. The maximum Gasteiger partial charge on any atom is 0.303 e. The molecule has 1 rings (SSSR count). The van der Waals surface area contributed by atoms with E-state index in [1.54, 1.807) is 0 Å². The molecule has 1 fully saturated rings. The van der Waals surface area contributed by atoms with Crippen molar-refractivity contribution in [2.45, 2.75) is 83.4 Å². The Hall–Kier alpha value is -1.49. The standard InChI is InChI=1S/C21H33FO4/c1-3-4-7-11-19(23)18(22)14-17-15(2)13-20(24)16(17)10-8-5-6-9-12-21(25)26/h5,8,16-19,23H,2-4,6-7,9-14H2,1H3,(H,25,26)/b8-5-/t16-,17-,18+,19+/m1/s1. The van der Waals surface area contributed by atoms with Gasteiger partial charge in [-0.3, -0.25) is 9.59 Å². The molecule has 1 saturated carbocycles. The number of halogens is 1. The van der Waals surface area contributed by atoms with Gasteiger partial charge in [0.2, 0.25) is 0 Å². The van der Waals surface area contributed by atoms with Crippen LogP contribution in [0, 0.1) is 11.8 Å². The minimum atomic E-state index is -1.33. The third-order valence-electron chi connectivity index (χ3n) is 5.14. The van der Waals surface area contributed by atoms with Crippen molar-refractivity contribution in [2.24, 2.45) is 11.8 Å². The van der Waals surface area contributed by atoms with Gasteiger partial charge >= 0.3 is 5.97 Å². The summed E-state index contributed by atoms with van der Waals surface area (Å²) in [6.45, 7) is 6.01. The number of rotatable bonds is 13. The van der Waals surface area contributed by atoms with E-state index in [1.807, 2.05) is 12.2 Å². The third-order valence-corrected chi connectivity index (χ3v) is 5.14. The monoisotopic (exact) mass is 368 g/mol. The Labute approximate surface area is 156 Å². The van der Waals surface area contributed by atoms with Crippen LogP contribution in [0.5, 0.6) is 0 Å². The number of ketones is 1. The number of unbranched alkanes of at least 4 members (excludes halogenated alkanes) is 3. The molecule has 0 amide bonds. The van der Waals surface area contributed by atoms with Gasteiger partial charge in [-0.25, -0.2) is 4.39 Å². The number of hydrogen-bond donors (Lipinski definition) is 2. The second-order valence-electron chi connectivity index (χ2n) is 7.32. The predicted molar refractivity (Wildman–Crippen MR) is 101 cm³/mol. The van der Waals surface area contributed by atoms with Gasteiger partial charge in [0.15, 0.2) is 0 Å². The molecule has 0 aliphatic heterocycles. The number of carbonyl (C=O) groups excluding carboxylic acids is 1. The molecular formula is C21H33FO4. The molecule has 4 nitrogen and oxygen atoms in total. The fraction of sp³-hybridized carbons (Fsp3) is 0.714. The summed E-state index contributed by atoms with van der Waals surface area (Å²) in [5.41, 5.74) is 0.766. The van der Waals surface area contributed by atoms with Crippen LogP contribution in [0.15, 0.2) is 24.3 Å². The van der Waals surface area contributed by atoms with E-state index in [0.29, 0.717) is 32.1 Å². The van der Waals surface area contributed by atoms with Gasteiger partial charge in [0.05, 0.1) is 6.10 Å². The molecule has 1 aliphatic rings. The molecule has 0 aromatic heterocycles. The molecule has 5 heteroatoms. The van der Waals surface area contributed by atoms with Crippen molar-refractivity contribution in [2.75, 3.05) is 0 Å². The zero-order valence-corrected chi connectivity index (χ0v) is 15.8. The summed E-state index contributed by atoms with van der Waals surface area (Å²) < 4.78 is 14.4. The summed E-state index contributed by atoms with van der Waals surface area (Å²) >= 11 is 0. The van der Waals surface area contributed by atoms with Crippen LogP contribution >= 0.6 is 0 Å². The Kier molecular flexibility index (Phi) is 10.4. The average Bonchev–Trinajstić information content (AvgIpc) is 2.84. The van der Waals surface area contributed by atoms with Gasteiger partial charge in [-0.15, -0.1) is 0 Å². The number of aliphatic carboxylic acids is 1. The van der Waals surface area contributed by atoms with Crippen LogP contribution in [0.25, 0.3) is 0 Å². The molecule has 1 aliphatic carbocycles. The van der Waals surface area contributed by atoms with Crippen molar-refractivity contribution < 1.29 is 24.2 Å². The van der Waals surface area contributed by atoms with E-state index in [0.717, 1.165) is 24.8 Å². The molecule has 4 atom stereocenters. The lowest BCUT2D eigenvalue weighted by molar-refractivity contribution is -0.137. The second-order valence-corrected chi connectivity index (χ2v) is 7.32. The fourth-order valence-electron chi connectivity index (χ4n) is 3.54. The number of aliphatic hydroxyl groups is 1. The minimum Gasteiger partial charge on any atom is -0.481 e. The lowest BCUT2D eigenvalue weighted by Crippen LogP contribution is -2.27. The first kappa shape index (κ1) is 22.6. The van der Waals surface area contributed by atoms with E-state index < -0.39 is 18.2 Å². The Morgan fingerprint density at radius 1 is 1.31 bits per heavy atom. The highest BCUT2D eigenvalue weighted by molar-refractivity contribution is 5.87. The largest absolute Gasteiger partial charge is 0.481 e. The van der Waals surface area contributed by atoms with Gasteiger partial charge < -0.3 is 10.2 Å². The van der Waals surface area contributed by atoms with Crippen LogP contribution in [0.3, 0.4) is 0 Å². The Balaban J connectivity index is 2.50. The van der Waals surface area contributed by atoms with Crippen LogP contribution in [0.4, 0.5) is 4.39 Å². The molecular weight excluding hydrogens is 335 g/mol. The molecule has 0 saturated heterocycles. The lowest BCUT2D eigenvalue weighted by atomic mass is 9.85. The van der Waals surface area contributed by atoms with Crippen LogP contribution in [-0.2, 0) is 9.59 Å². The summed E-state index contributed by atoms with van der Waals surface area (Å²) in [4.78, 5) is 22.7. The van der Waals surface area contributed by atoms with Gasteiger partial charge in [0, 0.05) is 18.8 Å². The fourth-order valence-corrected chi connectivity index (χ4v) is 3.54. The first-order valence-electron chi connectivity index (χ1n) is 9.76. The van der Waals surface area contributed by atoms with Crippen molar-refractivity contribution in [3.63, 3.8) is 0 Å². The number of carbonyl (C=O) groups is 2. The average molecular weight is 368 g/mol. The number of allylic oxidation sites excluding steroid dienone is 3. The number of carboxylic acid groups (broad SMARTS) is 1. The molecule has 148 valence electrons. The van der Waals surface area contributed by atoms with E-state index in [2.05, 4.69) is 13.5 Å². The maximum absolute atomic E-state index is 14.4. The lowest BCUT2D eigenvalue weighted by Gasteiger charge is -2.23. The topological polar surface area (TPSA) is 74.6 Å². The minimum absolute atomic E-state index is 0.0860. The van der Waals surface area contributed by atoms with Crippen molar-refractivity contribution in [1.29, 1.82) is 0 Å². The summed E-state index contributed by atoms with van der Waals surface area (Å²) in [6, 6.07) is 0. The first-order valence-corrected chi connectivity index (χ1v) is 9.76. The summed E-state index contributed by atoms with van der Waals surface area (Å²) in [7, 11) is 0. The van der Waals surface area contributed by atoms with Gasteiger partial charge in [-0.1, -0.05) is 50.5 Å². The second kappa shape index (κ2) is 12.0. The molecule has 0 unspecified atom stereocenters. The van der Waals surface area contributed by atoms with Crippen LogP contribution < -0.4 is 0 Å². The summed E-state index contributed by atoms with van der Waals surface area (Å²) in [6.07, 6.45) is 7.06. The van der Waals surface area contributed by atoms with E-state index >= 15 is 0 Å². The number of Topliss-reactive ketones (excluding diaryl/α,β-unsaturated/α-hetero) is 1. The van der Waals surface area contributed by atoms with Gasteiger partial charge in [-0.05, 0) is 38.0 Å². The quantitative estimate of drug-likeness (QED) is 0.367. The Morgan fingerprint density at radius 3 is 2.69 bits per heavy atom. The van der Waals surface area contributed by atoms with Crippen molar-refractivity contribution in [3.8, 4) is 0 Å². The normalized spacial score (nSPS) is 22.9. The molecule has 0 aromatic carbocycles. The van der Waals surface area contributed by atoms with Crippen molar-refractivity contribution >= 4 is 11.8 Å². The molecule has 0 bridgehead atoms. The third kappa shape index (κ3) is 7.81. The highest BCUT2D eigenvalue weighted by Gasteiger charge is 2.38. The van der Waals surface area contributed by atoms with Gasteiger partial charge in [0.25, 0.3) is 0 Å². The molecule has 2 N–H and O–H groups in total. The number of aliphatic hydroxyl groups excluding tert-OH is 1. The summed E-state index contributed by atoms with van der Waals surface area (Å²) in [5.74, 6) is -1.23. The zero-order valence-electron chi connectivity index (χ0n) is 15.8. The first-order chi connectivity index (χ1) is 12.4. The SMILES string of the molecule is C=C1CC(=O)[C@H](C/C=C\CCCC(=O)O)[C@@H]1C[C@H](F)[C@@H](O)CCCCC. The molecule has 0 radical (unpaired) electrons. The van der Waals surface area contributed by atoms with Crippen molar-refractivity contribution in [1.82, 2.24) is 0 Å². The smallest absolute Gasteiger partial charge is 0.303 e. The molecule has 0 spiro atoms. The van der Waals surface area contributed by atoms with Crippen LogP contribution in [0.2, 0.25) is 0 Å². The molecule has 26 heavy (non-hydrogen) atoms.